The van der Waals surface area contributed by atoms with E-state index in [1.54, 1.807) is 5.54 Å². The van der Waals surface area contributed by atoms with E-state index >= 15 is 0 Å². The van der Waals surface area contributed by atoms with Crippen molar-refractivity contribution in [2.75, 3.05) is 19.0 Å². The molecular weight excluding hydrogens is 181 g/mol. The van der Waals surface area contributed by atoms with Crippen molar-refractivity contribution in [2.24, 2.45) is 0 Å². The van der Waals surface area contributed by atoms with Crippen molar-refractivity contribution in [3.8, 4) is 0 Å². The van der Waals surface area contributed by atoms with E-state index in [-0.39, 0.29) is 0 Å². The summed E-state index contributed by atoms with van der Waals surface area (Å²) in [6.45, 7) is 1.92. The van der Waals surface area contributed by atoms with E-state index in [9.17, 15) is 0 Å². The Morgan fingerprint density at radius 1 is 1.45 bits per heavy atom. The number of hydrogen-bond acceptors (Lipinski definition) is 1. The molecule has 0 spiro atoms. The summed E-state index contributed by atoms with van der Waals surface area (Å²) >= 11 is 11.1. The van der Waals surface area contributed by atoms with Crippen LogP contribution in [0.5, 0.6) is 0 Å². The van der Waals surface area contributed by atoms with Crippen LogP contribution in [-0.4, -0.2) is 29.9 Å². The van der Waals surface area contributed by atoms with Crippen LogP contribution in [0.1, 0.15) is 12.8 Å². The lowest BCUT2D eigenvalue weighted by Crippen LogP contribution is -2.28. The van der Waals surface area contributed by atoms with Crippen LogP contribution in [0.2, 0.25) is 0 Å². The van der Waals surface area contributed by atoms with Gasteiger partial charge in [-0.05, 0) is 12.8 Å². The Morgan fingerprint density at radius 2 is 2.18 bits per heavy atom. The first kappa shape index (κ1) is 9.37. The summed E-state index contributed by atoms with van der Waals surface area (Å²) < 4.78 is 0. The van der Waals surface area contributed by atoms with Crippen LogP contribution in [0.4, 0.5) is 0 Å². The summed E-state index contributed by atoms with van der Waals surface area (Å²) in [7, 11) is 0. The van der Waals surface area contributed by atoms with Gasteiger partial charge in [0.05, 0.1) is 0 Å². The monoisotopic (exact) mass is 193 g/mol. The van der Waals surface area contributed by atoms with Crippen LogP contribution < -0.4 is 0 Å². The predicted octanol–water partition coefficient (Wildman–Crippen LogP) is 2.44. The van der Waals surface area contributed by atoms with Gasteiger partial charge in [0.2, 0.25) is 0 Å². The molecule has 1 rings (SSSR count). The summed E-state index contributed by atoms with van der Waals surface area (Å²) in [5.74, 6) is 0.715. The van der Waals surface area contributed by atoms with Crippen molar-refractivity contribution in [3.63, 3.8) is 0 Å². The normalized spacial score (nSPS) is 18.5. The minimum absolute atomic E-state index is 0.715. The topological polar surface area (TPSA) is 3.24 Å². The zero-order chi connectivity index (χ0) is 8.10. The largest absolute Gasteiger partial charge is 0.296 e. The minimum Gasteiger partial charge on any atom is -0.296 e. The molecule has 0 amide bonds. The quantitative estimate of drug-likeness (QED) is 0.607. The lowest BCUT2D eigenvalue weighted by Gasteiger charge is -2.17. The molecular formula is C8H13Cl2N. The first-order valence-corrected chi connectivity index (χ1v) is 4.91. The highest BCUT2D eigenvalue weighted by atomic mass is 35.5. The van der Waals surface area contributed by atoms with Gasteiger partial charge in [-0.1, -0.05) is 17.7 Å². The van der Waals surface area contributed by atoms with Gasteiger partial charge in [-0.2, -0.15) is 0 Å². The van der Waals surface area contributed by atoms with Gasteiger partial charge in [0.1, 0.15) is 0 Å². The molecule has 0 aromatic heterocycles. The van der Waals surface area contributed by atoms with Gasteiger partial charge in [-0.25, -0.2) is 0 Å². The molecule has 0 aliphatic heterocycles. The van der Waals surface area contributed by atoms with Crippen LogP contribution in [-0.2, 0) is 0 Å². The van der Waals surface area contributed by atoms with Crippen LogP contribution in [0.3, 0.4) is 0 Å². The minimum atomic E-state index is 0.715. The second-order valence-corrected chi connectivity index (χ2v) is 3.41. The summed E-state index contributed by atoms with van der Waals surface area (Å²) in [6, 6.07) is 0.779. The Bertz CT molecular complexity index is 132. The molecule has 0 N–H and O–H groups in total. The molecule has 1 aliphatic rings. The molecule has 0 unspecified atom stereocenters. The van der Waals surface area contributed by atoms with E-state index in [1.165, 1.54) is 12.8 Å². The van der Waals surface area contributed by atoms with Gasteiger partial charge < -0.3 is 0 Å². The van der Waals surface area contributed by atoms with E-state index < -0.39 is 0 Å². The first-order chi connectivity index (χ1) is 5.38. The smallest absolute Gasteiger partial charge is 0.0351 e. The first-order valence-electron chi connectivity index (χ1n) is 3.93. The van der Waals surface area contributed by atoms with Gasteiger partial charge in [0.25, 0.3) is 0 Å². The van der Waals surface area contributed by atoms with Crippen LogP contribution in [0.15, 0.2) is 11.6 Å². The van der Waals surface area contributed by atoms with Crippen LogP contribution >= 0.6 is 23.2 Å². The summed E-state index contributed by atoms with van der Waals surface area (Å²) in [5, 5.41) is 0. The SMILES string of the molecule is Cl/C=C/CN(CCCl)C1CC1. The molecule has 64 valence electrons. The molecule has 1 aliphatic carbocycles. The molecule has 1 saturated carbocycles. The highest BCUT2D eigenvalue weighted by Gasteiger charge is 2.27. The fraction of sp³-hybridized carbons (Fsp3) is 0.750. The third kappa shape index (κ3) is 3.46. The Hall–Kier alpha value is 0.280. The molecule has 0 saturated heterocycles. The second kappa shape index (κ2) is 5.02. The molecule has 0 atom stereocenters. The zero-order valence-electron chi connectivity index (χ0n) is 6.47. The molecule has 1 nitrogen and oxygen atoms in total. The lowest BCUT2D eigenvalue weighted by atomic mass is 10.4. The summed E-state index contributed by atoms with van der Waals surface area (Å²) in [6.07, 6.45) is 4.62. The van der Waals surface area contributed by atoms with Crippen molar-refractivity contribution < 1.29 is 0 Å². The number of hydrogen-bond donors (Lipinski definition) is 0. The van der Waals surface area contributed by atoms with E-state index in [0.717, 1.165) is 19.1 Å². The maximum atomic E-state index is 5.65. The van der Waals surface area contributed by atoms with Crippen molar-refractivity contribution in [3.05, 3.63) is 11.6 Å². The molecule has 0 heterocycles. The Labute approximate surface area is 78.0 Å². The van der Waals surface area contributed by atoms with Crippen molar-refractivity contribution in [2.45, 2.75) is 18.9 Å². The van der Waals surface area contributed by atoms with E-state index in [4.69, 9.17) is 23.2 Å². The summed E-state index contributed by atoms with van der Waals surface area (Å²) in [4.78, 5) is 2.37. The maximum Gasteiger partial charge on any atom is 0.0351 e. The molecule has 0 aromatic carbocycles. The number of nitrogens with zero attached hydrogens (tertiary/aromatic N) is 1. The van der Waals surface area contributed by atoms with Gasteiger partial charge >= 0.3 is 0 Å². The second-order valence-electron chi connectivity index (χ2n) is 2.78. The van der Waals surface area contributed by atoms with E-state index in [2.05, 4.69) is 4.90 Å². The van der Waals surface area contributed by atoms with Gasteiger partial charge in [0.15, 0.2) is 0 Å². The molecule has 1 fully saturated rings. The Balaban J connectivity index is 2.20. The van der Waals surface area contributed by atoms with Gasteiger partial charge in [0, 0.05) is 30.5 Å². The van der Waals surface area contributed by atoms with E-state index in [0.29, 0.717) is 5.88 Å². The average Bonchev–Trinajstić information content (AvgIpc) is 2.80. The molecule has 3 heteroatoms. The van der Waals surface area contributed by atoms with E-state index in [1.807, 2.05) is 6.08 Å². The maximum absolute atomic E-state index is 5.65. The molecule has 0 bridgehead atoms. The standard InChI is InChI=1S/C8H13Cl2N/c9-4-1-6-11(7-5-10)8-2-3-8/h1,4,8H,2-3,5-7H2/b4-1+. The average molecular weight is 194 g/mol. The third-order valence-corrected chi connectivity index (χ3v) is 2.21. The molecule has 11 heavy (non-hydrogen) atoms. The predicted molar refractivity (Wildman–Crippen MR) is 50.3 cm³/mol. The van der Waals surface area contributed by atoms with Crippen molar-refractivity contribution >= 4 is 23.2 Å². The highest BCUT2D eigenvalue weighted by molar-refractivity contribution is 6.25. The van der Waals surface area contributed by atoms with Crippen molar-refractivity contribution in [1.82, 2.24) is 4.90 Å². The Morgan fingerprint density at radius 3 is 2.64 bits per heavy atom. The number of halogens is 2. The van der Waals surface area contributed by atoms with Crippen LogP contribution in [0, 0.1) is 0 Å². The molecule has 0 aromatic rings. The Kier molecular flexibility index (Phi) is 4.28. The third-order valence-electron chi connectivity index (χ3n) is 1.86. The highest BCUT2D eigenvalue weighted by Crippen LogP contribution is 2.26. The fourth-order valence-corrected chi connectivity index (χ4v) is 1.44. The lowest BCUT2D eigenvalue weighted by molar-refractivity contribution is 0.310. The van der Waals surface area contributed by atoms with Gasteiger partial charge in [-0.15, -0.1) is 11.6 Å². The van der Waals surface area contributed by atoms with Crippen LogP contribution in [0.25, 0.3) is 0 Å². The zero-order valence-corrected chi connectivity index (χ0v) is 7.98. The van der Waals surface area contributed by atoms with Gasteiger partial charge in [-0.3, -0.25) is 4.90 Å². The number of rotatable bonds is 5. The fourth-order valence-electron chi connectivity index (χ4n) is 1.15. The summed E-state index contributed by atoms with van der Waals surface area (Å²) in [5.41, 5.74) is 1.57. The molecule has 0 radical (unpaired) electrons. The van der Waals surface area contributed by atoms with Crippen molar-refractivity contribution in [1.29, 1.82) is 0 Å². The number of alkyl halides is 1.